The van der Waals surface area contributed by atoms with Crippen LogP contribution in [0.5, 0.6) is 11.5 Å². The molecule has 1 fully saturated rings. The fourth-order valence-electron chi connectivity index (χ4n) is 4.20. The molecule has 0 amide bonds. The normalized spacial score (nSPS) is 25.2. The molecule has 2 heterocycles. The van der Waals surface area contributed by atoms with Gasteiger partial charge in [0, 0.05) is 18.7 Å². The van der Waals surface area contributed by atoms with Crippen molar-refractivity contribution < 1.29 is 14.2 Å². The molecule has 4 heteroatoms. The van der Waals surface area contributed by atoms with Gasteiger partial charge in [-0.25, -0.2) is 0 Å². The van der Waals surface area contributed by atoms with E-state index in [1.165, 1.54) is 12.0 Å². The average molecular weight is 333 g/mol. The fraction of sp³-hybridized carbons (Fsp3) is 0.700. The first kappa shape index (κ1) is 17.6. The molecule has 0 aliphatic carbocycles. The third-order valence-electron chi connectivity index (χ3n) is 5.69. The van der Waals surface area contributed by atoms with Crippen LogP contribution in [0.25, 0.3) is 0 Å². The lowest BCUT2D eigenvalue weighted by atomic mass is 9.65. The summed E-state index contributed by atoms with van der Waals surface area (Å²) >= 11 is 0. The molecule has 0 saturated carbocycles. The van der Waals surface area contributed by atoms with Gasteiger partial charge in [-0.3, -0.25) is 0 Å². The van der Waals surface area contributed by atoms with E-state index in [0.717, 1.165) is 44.0 Å². The van der Waals surface area contributed by atoms with E-state index < -0.39 is 0 Å². The second-order valence-corrected chi connectivity index (χ2v) is 8.13. The molecular formula is C20H31NO3. The van der Waals surface area contributed by atoms with Crippen molar-refractivity contribution in [2.45, 2.75) is 59.1 Å². The first-order chi connectivity index (χ1) is 11.4. The monoisotopic (exact) mass is 333 g/mol. The van der Waals surface area contributed by atoms with Gasteiger partial charge in [0.2, 0.25) is 6.79 Å². The first-order valence-corrected chi connectivity index (χ1v) is 9.14. The van der Waals surface area contributed by atoms with Gasteiger partial charge < -0.3 is 19.5 Å². The van der Waals surface area contributed by atoms with Crippen LogP contribution in [-0.4, -0.2) is 25.5 Å². The van der Waals surface area contributed by atoms with Crippen LogP contribution >= 0.6 is 0 Å². The van der Waals surface area contributed by atoms with E-state index >= 15 is 0 Å². The van der Waals surface area contributed by atoms with Gasteiger partial charge in [-0.2, -0.15) is 0 Å². The number of rotatable bonds is 6. The van der Waals surface area contributed by atoms with E-state index in [4.69, 9.17) is 14.2 Å². The second-order valence-electron chi connectivity index (χ2n) is 8.13. The van der Waals surface area contributed by atoms with Gasteiger partial charge in [0.25, 0.3) is 0 Å². The minimum absolute atomic E-state index is 0.00600. The lowest BCUT2D eigenvalue weighted by Crippen LogP contribution is -2.45. The standard InChI is InChI=1S/C20H31NO3/c1-15(2)20(9-11-24-19(3,4)13-20)8-10-21-12-16-6-5-7-17-18(16)23-14-22-17/h5-7,15,21H,8-14H2,1-4H3/t20-/m0/s1. The van der Waals surface area contributed by atoms with Crippen LogP contribution < -0.4 is 14.8 Å². The van der Waals surface area contributed by atoms with Crippen LogP contribution in [0.2, 0.25) is 0 Å². The number of para-hydroxylation sites is 1. The van der Waals surface area contributed by atoms with Crippen LogP contribution in [0.4, 0.5) is 0 Å². The van der Waals surface area contributed by atoms with Crippen molar-refractivity contribution in [3.8, 4) is 11.5 Å². The maximum atomic E-state index is 5.95. The van der Waals surface area contributed by atoms with Crippen LogP contribution in [0.3, 0.4) is 0 Å². The van der Waals surface area contributed by atoms with Crippen molar-refractivity contribution in [3.05, 3.63) is 23.8 Å². The zero-order chi connectivity index (χ0) is 17.2. The van der Waals surface area contributed by atoms with Gasteiger partial charge in [-0.1, -0.05) is 26.0 Å². The number of hydrogen-bond acceptors (Lipinski definition) is 4. The SMILES string of the molecule is CC(C)[C@@]1(CCNCc2cccc3c2OCO3)CCOC(C)(C)C1. The summed E-state index contributed by atoms with van der Waals surface area (Å²) in [5.41, 5.74) is 1.54. The number of ether oxygens (including phenoxy) is 3. The number of benzene rings is 1. The molecule has 0 bridgehead atoms. The van der Waals surface area contributed by atoms with Crippen molar-refractivity contribution in [3.63, 3.8) is 0 Å². The molecule has 1 aromatic carbocycles. The molecule has 2 aliphatic rings. The predicted molar refractivity (Wildman–Crippen MR) is 95.4 cm³/mol. The molecule has 0 unspecified atom stereocenters. The van der Waals surface area contributed by atoms with Crippen molar-refractivity contribution in [1.82, 2.24) is 5.32 Å². The Hall–Kier alpha value is -1.26. The van der Waals surface area contributed by atoms with Gasteiger partial charge >= 0.3 is 0 Å². The molecule has 1 atom stereocenters. The summed E-state index contributed by atoms with van der Waals surface area (Å²) in [7, 11) is 0. The van der Waals surface area contributed by atoms with Crippen molar-refractivity contribution in [2.75, 3.05) is 19.9 Å². The zero-order valence-electron chi connectivity index (χ0n) is 15.5. The van der Waals surface area contributed by atoms with Crippen molar-refractivity contribution in [2.24, 2.45) is 11.3 Å². The van der Waals surface area contributed by atoms with E-state index in [0.29, 0.717) is 18.1 Å². The molecule has 24 heavy (non-hydrogen) atoms. The average Bonchev–Trinajstić information content (AvgIpc) is 2.99. The predicted octanol–water partition coefficient (Wildman–Crippen LogP) is 4.13. The summed E-state index contributed by atoms with van der Waals surface area (Å²) < 4.78 is 17.0. The second kappa shape index (κ2) is 6.93. The van der Waals surface area contributed by atoms with E-state index in [2.05, 4.69) is 39.1 Å². The van der Waals surface area contributed by atoms with Crippen molar-refractivity contribution in [1.29, 1.82) is 0 Å². The first-order valence-electron chi connectivity index (χ1n) is 9.14. The van der Waals surface area contributed by atoms with E-state index in [1.54, 1.807) is 0 Å². The zero-order valence-corrected chi connectivity index (χ0v) is 15.5. The highest BCUT2D eigenvalue weighted by Gasteiger charge is 2.42. The van der Waals surface area contributed by atoms with Gasteiger partial charge in [-0.05, 0) is 57.1 Å². The summed E-state index contributed by atoms with van der Waals surface area (Å²) in [5.74, 6) is 2.43. The Balaban J connectivity index is 1.56. The fourth-order valence-corrected chi connectivity index (χ4v) is 4.20. The highest BCUT2D eigenvalue weighted by molar-refractivity contribution is 5.48. The number of nitrogens with one attached hydrogen (secondary N) is 1. The van der Waals surface area contributed by atoms with E-state index in [1.807, 2.05) is 12.1 Å². The Kier molecular flexibility index (Phi) is 5.07. The molecule has 1 N–H and O–H groups in total. The lowest BCUT2D eigenvalue weighted by Gasteiger charge is -2.48. The Morgan fingerprint density at radius 3 is 2.79 bits per heavy atom. The van der Waals surface area contributed by atoms with Gasteiger partial charge in [0.15, 0.2) is 11.5 Å². The minimum Gasteiger partial charge on any atom is -0.454 e. The Labute approximate surface area is 145 Å². The minimum atomic E-state index is -0.00600. The quantitative estimate of drug-likeness (QED) is 0.795. The largest absolute Gasteiger partial charge is 0.454 e. The van der Waals surface area contributed by atoms with Crippen LogP contribution in [0, 0.1) is 11.3 Å². The maximum absolute atomic E-state index is 5.95. The van der Waals surface area contributed by atoms with Crippen molar-refractivity contribution >= 4 is 0 Å². The molecule has 0 radical (unpaired) electrons. The Morgan fingerprint density at radius 2 is 2.04 bits per heavy atom. The summed E-state index contributed by atoms with van der Waals surface area (Å²) in [6, 6.07) is 6.10. The molecule has 3 rings (SSSR count). The van der Waals surface area contributed by atoms with Crippen LogP contribution in [-0.2, 0) is 11.3 Å². The van der Waals surface area contributed by atoms with Crippen LogP contribution in [0.15, 0.2) is 18.2 Å². The lowest BCUT2D eigenvalue weighted by molar-refractivity contribution is -0.121. The number of hydrogen-bond donors (Lipinski definition) is 1. The van der Waals surface area contributed by atoms with E-state index in [9.17, 15) is 0 Å². The molecule has 1 saturated heterocycles. The van der Waals surface area contributed by atoms with Gasteiger partial charge in [0.1, 0.15) is 0 Å². The van der Waals surface area contributed by atoms with Crippen LogP contribution in [0.1, 0.15) is 52.5 Å². The summed E-state index contributed by atoms with van der Waals surface area (Å²) in [6.07, 6.45) is 3.48. The van der Waals surface area contributed by atoms with E-state index in [-0.39, 0.29) is 5.60 Å². The Bertz CT molecular complexity index is 570. The van der Waals surface area contributed by atoms with Gasteiger partial charge in [-0.15, -0.1) is 0 Å². The molecule has 0 spiro atoms. The third-order valence-corrected chi connectivity index (χ3v) is 5.69. The molecule has 2 aliphatic heterocycles. The summed E-state index contributed by atoms with van der Waals surface area (Å²) in [5, 5.41) is 3.61. The maximum Gasteiger partial charge on any atom is 0.231 e. The smallest absolute Gasteiger partial charge is 0.231 e. The number of fused-ring (bicyclic) bond motifs is 1. The third kappa shape index (κ3) is 3.70. The highest BCUT2D eigenvalue weighted by Crippen LogP contribution is 2.46. The molecule has 1 aromatic rings. The Morgan fingerprint density at radius 1 is 1.21 bits per heavy atom. The molecule has 134 valence electrons. The summed E-state index contributed by atoms with van der Waals surface area (Å²) in [6.45, 7) is 12.2. The van der Waals surface area contributed by atoms with Gasteiger partial charge in [0.05, 0.1) is 5.60 Å². The molecule has 0 aromatic heterocycles. The highest BCUT2D eigenvalue weighted by atomic mass is 16.7. The molecule has 4 nitrogen and oxygen atoms in total. The summed E-state index contributed by atoms with van der Waals surface area (Å²) in [4.78, 5) is 0. The topological polar surface area (TPSA) is 39.7 Å². The molecular weight excluding hydrogens is 302 g/mol.